The average molecular weight is 294 g/mol. The number of methoxy groups -OCH3 is 1. The second-order valence-corrected chi connectivity index (χ2v) is 5.63. The maximum Gasteiger partial charge on any atom is 0.158 e. The molecule has 3 N–H and O–H groups in total. The molecule has 2 atom stereocenters. The number of nitrogens with zero attached hydrogens (tertiary/aromatic N) is 2. The molecule has 1 saturated carbocycles. The summed E-state index contributed by atoms with van der Waals surface area (Å²) >= 11 is 0. The molecule has 1 aromatic rings. The Balaban J connectivity index is 1.97. The Morgan fingerprint density at radius 2 is 2.05 bits per heavy atom. The van der Waals surface area contributed by atoms with E-state index in [1.807, 2.05) is 6.07 Å². The number of ether oxygens (including phenoxy) is 1. The van der Waals surface area contributed by atoms with Gasteiger partial charge in [-0.2, -0.15) is 0 Å². The van der Waals surface area contributed by atoms with Gasteiger partial charge in [-0.05, 0) is 31.6 Å². The Morgan fingerprint density at radius 3 is 2.67 bits per heavy atom. The van der Waals surface area contributed by atoms with Crippen LogP contribution in [0.2, 0.25) is 0 Å². The quantitative estimate of drug-likeness (QED) is 0.681. The summed E-state index contributed by atoms with van der Waals surface area (Å²) in [7, 11) is 1.64. The van der Waals surface area contributed by atoms with Crippen molar-refractivity contribution in [3.05, 3.63) is 11.9 Å². The minimum atomic E-state index is -0.131. The Kier molecular flexibility index (Phi) is 6.20. The topological polar surface area (TPSA) is 79.3 Å². The Bertz CT molecular complexity index is 442. The van der Waals surface area contributed by atoms with Crippen LogP contribution in [-0.2, 0) is 11.3 Å². The van der Waals surface area contributed by atoms with Gasteiger partial charge in [0.2, 0.25) is 0 Å². The van der Waals surface area contributed by atoms with E-state index < -0.39 is 0 Å². The molecule has 0 amide bonds. The lowest BCUT2D eigenvalue weighted by Crippen LogP contribution is -2.15. The molecule has 0 bridgehead atoms. The summed E-state index contributed by atoms with van der Waals surface area (Å²) in [5, 5.41) is 16.2. The molecule has 0 aromatic carbocycles. The van der Waals surface area contributed by atoms with Gasteiger partial charge in [0, 0.05) is 26.3 Å². The van der Waals surface area contributed by atoms with Gasteiger partial charge in [0.05, 0.1) is 6.10 Å². The minimum Gasteiger partial charge on any atom is -0.393 e. The van der Waals surface area contributed by atoms with Crippen molar-refractivity contribution in [2.24, 2.45) is 5.92 Å². The van der Waals surface area contributed by atoms with Crippen molar-refractivity contribution < 1.29 is 9.84 Å². The molecule has 21 heavy (non-hydrogen) atoms. The van der Waals surface area contributed by atoms with Crippen LogP contribution in [0.15, 0.2) is 6.07 Å². The minimum absolute atomic E-state index is 0.131. The molecule has 1 aliphatic carbocycles. The largest absolute Gasteiger partial charge is 0.393 e. The SMILES string of the molecule is CCCNc1cc(NCC2CCC(O)C2)nc(COC)n1. The highest BCUT2D eigenvalue weighted by molar-refractivity contribution is 5.47. The second kappa shape index (κ2) is 8.14. The zero-order chi connectivity index (χ0) is 15.1. The highest BCUT2D eigenvalue weighted by Gasteiger charge is 2.22. The third kappa shape index (κ3) is 5.13. The van der Waals surface area contributed by atoms with Gasteiger partial charge >= 0.3 is 0 Å². The fraction of sp³-hybridized carbons (Fsp3) is 0.733. The highest BCUT2D eigenvalue weighted by Crippen LogP contribution is 2.25. The Labute approximate surface area is 126 Å². The van der Waals surface area contributed by atoms with Crippen LogP contribution >= 0.6 is 0 Å². The van der Waals surface area contributed by atoms with Crippen LogP contribution in [0, 0.1) is 5.92 Å². The van der Waals surface area contributed by atoms with Crippen LogP contribution in [0.3, 0.4) is 0 Å². The summed E-state index contributed by atoms with van der Waals surface area (Å²) in [5.41, 5.74) is 0. The van der Waals surface area contributed by atoms with Crippen molar-refractivity contribution >= 4 is 11.6 Å². The van der Waals surface area contributed by atoms with E-state index in [1.165, 1.54) is 0 Å². The van der Waals surface area contributed by atoms with E-state index >= 15 is 0 Å². The van der Waals surface area contributed by atoms with E-state index in [0.717, 1.165) is 50.4 Å². The molecule has 1 aromatic heterocycles. The van der Waals surface area contributed by atoms with E-state index in [9.17, 15) is 5.11 Å². The third-order valence-electron chi connectivity index (χ3n) is 3.69. The number of nitrogens with one attached hydrogen (secondary N) is 2. The molecule has 0 aliphatic heterocycles. The van der Waals surface area contributed by atoms with E-state index in [-0.39, 0.29) is 6.10 Å². The number of rotatable bonds is 8. The van der Waals surface area contributed by atoms with Crippen LogP contribution in [-0.4, -0.2) is 41.4 Å². The maximum atomic E-state index is 9.57. The molecule has 1 aliphatic rings. The molecule has 118 valence electrons. The van der Waals surface area contributed by atoms with Crippen molar-refractivity contribution in [1.29, 1.82) is 0 Å². The van der Waals surface area contributed by atoms with Gasteiger partial charge in [0.25, 0.3) is 0 Å². The van der Waals surface area contributed by atoms with Crippen LogP contribution in [0.25, 0.3) is 0 Å². The van der Waals surface area contributed by atoms with Gasteiger partial charge in [-0.25, -0.2) is 9.97 Å². The first kappa shape index (κ1) is 16.0. The van der Waals surface area contributed by atoms with Crippen molar-refractivity contribution in [3.8, 4) is 0 Å². The van der Waals surface area contributed by atoms with Crippen LogP contribution in [0.1, 0.15) is 38.4 Å². The lowest BCUT2D eigenvalue weighted by atomic mass is 10.1. The first-order chi connectivity index (χ1) is 10.2. The van der Waals surface area contributed by atoms with Gasteiger partial charge in [-0.15, -0.1) is 0 Å². The molecular formula is C15H26N4O2. The maximum absolute atomic E-state index is 9.57. The Hall–Kier alpha value is -1.40. The molecule has 6 nitrogen and oxygen atoms in total. The van der Waals surface area contributed by atoms with E-state index in [4.69, 9.17) is 4.74 Å². The van der Waals surface area contributed by atoms with Gasteiger partial charge in [-0.3, -0.25) is 0 Å². The standard InChI is InChI=1S/C15H26N4O2/c1-3-6-16-13-8-14(19-15(18-13)10-21-2)17-9-11-4-5-12(20)7-11/h8,11-12,20H,3-7,9-10H2,1-2H3,(H2,16,17,18,19). The van der Waals surface area contributed by atoms with E-state index in [2.05, 4.69) is 27.5 Å². The van der Waals surface area contributed by atoms with Crippen molar-refractivity contribution in [3.63, 3.8) is 0 Å². The zero-order valence-corrected chi connectivity index (χ0v) is 12.9. The predicted octanol–water partition coefficient (Wildman–Crippen LogP) is 2.02. The molecule has 6 heteroatoms. The lowest BCUT2D eigenvalue weighted by molar-refractivity contribution is 0.178. The fourth-order valence-electron chi connectivity index (χ4n) is 2.61. The molecule has 1 fully saturated rings. The highest BCUT2D eigenvalue weighted by atomic mass is 16.5. The van der Waals surface area contributed by atoms with Gasteiger partial charge in [0.15, 0.2) is 5.82 Å². The molecule has 0 radical (unpaired) electrons. The summed E-state index contributed by atoms with van der Waals surface area (Å²) < 4.78 is 5.12. The van der Waals surface area contributed by atoms with Crippen molar-refractivity contribution in [2.45, 2.75) is 45.3 Å². The first-order valence-electron chi connectivity index (χ1n) is 7.74. The fourth-order valence-corrected chi connectivity index (χ4v) is 2.61. The monoisotopic (exact) mass is 294 g/mol. The average Bonchev–Trinajstić information content (AvgIpc) is 2.89. The predicted molar refractivity (Wildman–Crippen MR) is 83.4 cm³/mol. The summed E-state index contributed by atoms with van der Waals surface area (Å²) in [6.45, 7) is 4.25. The van der Waals surface area contributed by atoms with Crippen LogP contribution in [0.4, 0.5) is 11.6 Å². The number of anilines is 2. The molecule has 2 rings (SSSR count). The Morgan fingerprint density at radius 1 is 1.29 bits per heavy atom. The van der Waals surface area contributed by atoms with Gasteiger partial charge in [0.1, 0.15) is 18.2 Å². The van der Waals surface area contributed by atoms with E-state index in [1.54, 1.807) is 7.11 Å². The molecular weight excluding hydrogens is 268 g/mol. The summed E-state index contributed by atoms with van der Waals surface area (Å²) in [4.78, 5) is 8.89. The number of aliphatic hydroxyl groups excluding tert-OH is 1. The van der Waals surface area contributed by atoms with Gasteiger partial charge < -0.3 is 20.5 Å². The van der Waals surface area contributed by atoms with Crippen LogP contribution in [0.5, 0.6) is 0 Å². The third-order valence-corrected chi connectivity index (χ3v) is 3.69. The normalized spacial score (nSPS) is 21.5. The summed E-state index contributed by atoms with van der Waals surface area (Å²) in [6, 6.07) is 1.93. The molecule has 2 unspecified atom stereocenters. The number of aliphatic hydroxyl groups is 1. The summed E-state index contributed by atoms with van der Waals surface area (Å²) in [5.74, 6) is 2.84. The zero-order valence-electron chi connectivity index (χ0n) is 12.9. The number of hydrogen-bond acceptors (Lipinski definition) is 6. The van der Waals surface area contributed by atoms with Crippen molar-refractivity contribution in [2.75, 3.05) is 30.8 Å². The number of aromatic nitrogens is 2. The van der Waals surface area contributed by atoms with Crippen molar-refractivity contribution in [1.82, 2.24) is 9.97 Å². The smallest absolute Gasteiger partial charge is 0.158 e. The lowest BCUT2D eigenvalue weighted by Gasteiger charge is -2.13. The molecule has 0 spiro atoms. The number of hydrogen-bond donors (Lipinski definition) is 3. The first-order valence-corrected chi connectivity index (χ1v) is 7.74. The second-order valence-electron chi connectivity index (χ2n) is 5.63. The summed E-state index contributed by atoms with van der Waals surface area (Å²) in [6.07, 6.45) is 3.78. The van der Waals surface area contributed by atoms with Crippen LogP contribution < -0.4 is 10.6 Å². The van der Waals surface area contributed by atoms with Gasteiger partial charge in [-0.1, -0.05) is 6.92 Å². The molecule has 1 heterocycles. The van der Waals surface area contributed by atoms with E-state index in [0.29, 0.717) is 18.3 Å². The molecule has 0 saturated heterocycles.